The molecule has 0 radical (unpaired) electrons. The molecule has 3 atom stereocenters. The summed E-state index contributed by atoms with van der Waals surface area (Å²) in [5.74, 6) is 0.864. The van der Waals surface area contributed by atoms with Gasteiger partial charge in [-0.15, -0.1) is 0 Å². The van der Waals surface area contributed by atoms with Gasteiger partial charge in [-0.25, -0.2) is 0 Å². The van der Waals surface area contributed by atoms with Gasteiger partial charge in [0.1, 0.15) is 0 Å². The molecule has 3 unspecified atom stereocenters. The van der Waals surface area contributed by atoms with Crippen molar-refractivity contribution in [3.05, 3.63) is 0 Å². The molecule has 3 nitrogen and oxygen atoms in total. The highest BCUT2D eigenvalue weighted by Crippen LogP contribution is 2.16. The summed E-state index contributed by atoms with van der Waals surface area (Å²) in [6, 6.07) is 0.604. The van der Waals surface area contributed by atoms with E-state index in [1.165, 1.54) is 26.1 Å². The van der Waals surface area contributed by atoms with Gasteiger partial charge in [-0.2, -0.15) is 0 Å². The molecule has 2 aliphatic rings. The van der Waals surface area contributed by atoms with Gasteiger partial charge in [0.15, 0.2) is 0 Å². The molecular formula is C11H22N2O. The molecule has 0 spiro atoms. The van der Waals surface area contributed by atoms with Crippen LogP contribution in [-0.4, -0.2) is 49.8 Å². The van der Waals surface area contributed by atoms with Crippen molar-refractivity contribution in [2.75, 3.05) is 32.8 Å². The number of nitrogens with one attached hydrogen (secondary N) is 1. The van der Waals surface area contributed by atoms with Crippen LogP contribution in [0.15, 0.2) is 0 Å². The van der Waals surface area contributed by atoms with Crippen molar-refractivity contribution in [1.29, 1.82) is 0 Å². The van der Waals surface area contributed by atoms with E-state index in [2.05, 4.69) is 24.1 Å². The zero-order chi connectivity index (χ0) is 9.97. The predicted molar refractivity (Wildman–Crippen MR) is 57.4 cm³/mol. The van der Waals surface area contributed by atoms with Crippen LogP contribution in [0.4, 0.5) is 0 Å². The quantitative estimate of drug-likeness (QED) is 0.707. The first-order valence-electron chi connectivity index (χ1n) is 5.82. The second kappa shape index (κ2) is 4.60. The van der Waals surface area contributed by atoms with E-state index in [1.54, 1.807) is 0 Å². The van der Waals surface area contributed by atoms with E-state index in [0.29, 0.717) is 12.1 Å². The molecule has 14 heavy (non-hydrogen) atoms. The second-order valence-electron chi connectivity index (χ2n) is 4.81. The van der Waals surface area contributed by atoms with Crippen LogP contribution in [0.5, 0.6) is 0 Å². The standard InChI is InChI=1S/C11H22N2O/c1-9-8-14-10(2)6-13(9)7-11-3-4-12-5-11/h9-12H,3-8H2,1-2H3. The van der Waals surface area contributed by atoms with Gasteiger partial charge in [0.25, 0.3) is 0 Å². The van der Waals surface area contributed by atoms with Crippen LogP contribution < -0.4 is 5.32 Å². The van der Waals surface area contributed by atoms with E-state index < -0.39 is 0 Å². The average Bonchev–Trinajstić information content (AvgIpc) is 2.64. The Balaban J connectivity index is 1.82. The summed E-state index contributed by atoms with van der Waals surface area (Å²) >= 11 is 0. The van der Waals surface area contributed by atoms with Crippen LogP contribution in [0, 0.1) is 5.92 Å². The smallest absolute Gasteiger partial charge is 0.0674 e. The van der Waals surface area contributed by atoms with Crippen molar-refractivity contribution in [2.45, 2.75) is 32.4 Å². The Morgan fingerprint density at radius 1 is 1.43 bits per heavy atom. The van der Waals surface area contributed by atoms with E-state index in [1.807, 2.05) is 0 Å². The molecule has 1 N–H and O–H groups in total. The predicted octanol–water partition coefficient (Wildman–Crippen LogP) is 0.705. The maximum Gasteiger partial charge on any atom is 0.0674 e. The molecule has 0 aliphatic carbocycles. The highest BCUT2D eigenvalue weighted by molar-refractivity contribution is 4.80. The summed E-state index contributed by atoms with van der Waals surface area (Å²) in [7, 11) is 0. The number of rotatable bonds is 2. The highest BCUT2D eigenvalue weighted by atomic mass is 16.5. The van der Waals surface area contributed by atoms with Crippen molar-refractivity contribution >= 4 is 0 Å². The Kier molecular flexibility index (Phi) is 3.42. The fourth-order valence-corrected chi connectivity index (χ4v) is 2.43. The van der Waals surface area contributed by atoms with E-state index in [-0.39, 0.29) is 0 Å². The molecule has 2 heterocycles. The molecule has 2 aliphatic heterocycles. The maximum absolute atomic E-state index is 5.63. The Bertz CT molecular complexity index is 180. The Morgan fingerprint density at radius 2 is 2.29 bits per heavy atom. The third-order valence-electron chi connectivity index (χ3n) is 3.39. The molecule has 2 rings (SSSR count). The van der Waals surface area contributed by atoms with Crippen LogP contribution in [0.25, 0.3) is 0 Å². The summed E-state index contributed by atoms with van der Waals surface area (Å²) in [6.07, 6.45) is 1.76. The Morgan fingerprint density at radius 3 is 3.00 bits per heavy atom. The van der Waals surface area contributed by atoms with Crippen molar-refractivity contribution < 1.29 is 4.74 Å². The molecule has 2 fully saturated rings. The van der Waals surface area contributed by atoms with Gasteiger partial charge in [-0.3, -0.25) is 4.90 Å². The fraction of sp³-hybridized carbons (Fsp3) is 1.00. The van der Waals surface area contributed by atoms with Gasteiger partial charge in [0, 0.05) is 19.1 Å². The summed E-state index contributed by atoms with van der Waals surface area (Å²) in [5, 5.41) is 3.43. The van der Waals surface area contributed by atoms with E-state index in [9.17, 15) is 0 Å². The highest BCUT2D eigenvalue weighted by Gasteiger charge is 2.26. The number of morpholine rings is 1. The minimum absolute atomic E-state index is 0.417. The van der Waals surface area contributed by atoms with Gasteiger partial charge in [-0.1, -0.05) is 0 Å². The molecule has 2 saturated heterocycles. The average molecular weight is 198 g/mol. The molecular weight excluding hydrogens is 176 g/mol. The van der Waals surface area contributed by atoms with Crippen molar-refractivity contribution in [1.82, 2.24) is 10.2 Å². The molecule has 82 valence electrons. The zero-order valence-corrected chi connectivity index (χ0v) is 9.33. The lowest BCUT2D eigenvalue weighted by atomic mass is 10.1. The first-order valence-corrected chi connectivity index (χ1v) is 5.82. The number of hydrogen-bond acceptors (Lipinski definition) is 3. The summed E-state index contributed by atoms with van der Waals surface area (Å²) in [5.41, 5.74) is 0. The topological polar surface area (TPSA) is 24.5 Å². The monoisotopic (exact) mass is 198 g/mol. The van der Waals surface area contributed by atoms with Crippen molar-refractivity contribution in [3.8, 4) is 0 Å². The van der Waals surface area contributed by atoms with Gasteiger partial charge in [-0.05, 0) is 39.3 Å². The van der Waals surface area contributed by atoms with E-state index >= 15 is 0 Å². The molecule has 0 amide bonds. The number of ether oxygens (including phenoxy) is 1. The first-order chi connectivity index (χ1) is 6.75. The van der Waals surface area contributed by atoms with Gasteiger partial charge in [0.2, 0.25) is 0 Å². The minimum atomic E-state index is 0.417. The molecule has 0 aromatic heterocycles. The molecule has 3 heteroatoms. The van der Waals surface area contributed by atoms with Gasteiger partial charge < -0.3 is 10.1 Å². The molecule has 0 saturated carbocycles. The summed E-state index contributed by atoms with van der Waals surface area (Å²) in [4.78, 5) is 2.59. The normalized spacial score (nSPS) is 40.3. The summed E-state index contributed by atoms with van der Waals surface area (Å²) in [6.45, 7) is 10.1. The maximum atomic E-state index is 5.63. The van der Waals surface area contributed by atoms with Crippen molar-refractivity contribution in [3.63, 3.8) is 0 Å². The minimum Gasteiger partial charge on any atom is -0.376 e. The number of hydrogen-bond donors (Lipinski definition) is 1. The SMILES string of the molecule is CC1CN(CC2CCNC2)C(C)CO1. The van der Waals surface area contributed by atoms with Crippen LogP contribution in [0.3, 0.4) is 0 Å². The zero-order valence-electron chi connectivity index (χ0n) is 9.33. The van der Waals surface area contributed by atoms with Crippen LogP contribution in [0.1, 0.15) is 20.3 Å². The third kappa shape index (κ3) is 2.47. The third-order valence-corrected chi connectivity index (χ3v) is 3.39. The lowest BCUT2D eigenvalue weighted by molar-refractivity contribution is -0.0533. The first kappa shape index (κ1) is 10.4. The fourth-order valence-electron chi connectivity index (χ4n) is 2.43. The van der Waals surface area contributed by atoms with Gasteiger partial charge in [0.05, 0.1) is 12.7 Å². The number of nitrogens with zero attached hydrogens (tertiary/aromatic N) is 1. The van der Waals surface area contributed by atoms with E-state index in [4.69, 9.17) is 4.74 Å². The van der Waals surface area contributed by atoms with Gasteiger partial charge >= 0.3 is 0 Å². The molecule has 0 aromatic rings. The van der Waals surface area contributed by atoms with Crippen LogP contribution in [0.2, 0.25) is 0 Å². The lowest BCUT2D eigenvalue weighted by Gasteiger charge is -2.38. The largest absolute Gasteiger partial charge is 0.376 e. The van der Waals surface area contributed by atoms with Crippen LogP contribution in [-0.2, 0) is 4.74 Å². The summed E-state index contributed by atoms with van der Waals surface area (Å²) < 4.78 is 5.63. The molecule has 0 bridgehead atoms. The van der Waals surface area contributed by atoms with E-state index in [0.717, 1.165) is 19.1 Å². The second-order valence-corrected chi connectivity index (χ2v) is 4.81. The Hall–Kier alpha value is -0.120. The van der Waals surface area contributed by atoms with Crippen molar-refractivity contribution in [2.24, 2.45) is 5.92 Å². The molecule has 0 aromatic carbocycles. The Labute approximate surface area is 86.8 Å². The lowest BCUT2D eigenvalue weighted by Crippen LogP contribution is -2.49. The van der Waals surface area contributed by atoms with Crippen LogP contribution >= 0.6 is 0 Å².